The van der Waals surface area contributed by atoms with E-state index in [-0.39, 0.29) is 12.4 Å². The van der Waals surface area contributed by atoms with Crippen molar-refractivity contribution >= 4 is 29.1 Å². The minimum absolute atomic E-state index is 0.0379. The number of nitrogens with zero attached hydrogens (tertiary/aromatic N) is 6. The average molecular weight is 439 g/mol. The fraction of sp³-hybridized carbons (Fsp3) is 0.200. The summed E-state index contributed by atoms with van der Waals surface area (Å²) < 4.78 is 10.5. The Morgan fingerprint density at radius 3 is 2.71 bits per heavy atom. The summed E-state index contributed by atoms with van der Waals surface area (Å²) in [6.07, 6.45) is 0. The number of fused-ring (bicyclic) bond motifs is 1. The van der Waals surface area contributed by atoms with Crippen LogP contribution >= 0.6 is 11.6 Å². The fourth-order valence-corrected chi connectivity index (χ4v) is 3.66. The first kappa shape index (κ1) is 19.2. The van der Waals surface area contributed by atoms with Crippen molar-refractivity contribution < 1.29 is 18.8 Å². The minimum atomic E-state index is -0.919. The van der Waals surface area contributed by atoms with Gasteiger partial charge in [-0.2, -0.15) is 10.1 Å². The molecule has 2 aromatic carbocycles. The molecule has 0 radical (unpaired) electrons. The number of halogens is 1. The van der Waals surface area contributed by atoms with E-state index in [4.69, 9.17) is 20.9 Å². The zero-order chi connectivity index (χ0) is 21.5. The number of hydrogen-bond donors (Lipinski definition) is 0. The van der Waals surface area contributed by atoms with Gasteiger partial charge in [0.05, 0.1) is 12.8 Å². The zero-order valence-electron chi connectivity index (χ0n) is 16.2. The van der Waals surface area contributed by atoms with Gasteiger partial charge in [-0.05, 0) is 36.4 Å². The monoisotopic (exact) mass is 438 g/mol. The highest BCUT2D eigenvalue weighted by Crippen LogP contribution is 2.34. The molecule has 2 aliphatic heterocycles. The van der Waals surface area contributed by atoms with Crippen LogP contribution in [0.1, 0.15) is 5.89 Å². The van der Waals surface area contributed by atoms with Crippen LogP contribution < -0.4 is 9.64 Å². The van der Waals surface area contributed by atoms with Gasteiger partial charge in [0.1, 0.15) is 12.3 Å². The first-order valence-electron chi connectivity index (χ1n) is 9.33. The molecular weight excluding hydrogens is 424 g/mol. The van der Waals surface area contributed by atoms with Crippen LogP contribution in [0.3, 0.4) is 0 Å². The van der Waals surface area contributed by atoms with Crippen molar-refractivity contribution in [2.45, 2.75) is 18.6 Å². The molecule has 1 aromatic heterocycles. The molecule has 5 rings (SSSR count). The number of carbonyl (C=O) groups excluding carboxylic acids is 2. The van der Waals surface area contributed by atoms with E-state index in [0.717, 1.165) is 10.5 Å². The Kier molecular flexibility index (Phi) is 4.63. The van der Waals surface area contributed by atoms with E-state index in [0.29, 0.717) is 22.3 Å². The number of rotatable bonds is 5. The number of carbonyl (C=O) groups is 2. The summed E-state index contributed by atoms with van der Waals surface area (Å²) in [5, 5.41) is 13.9. The lowest BCUT2D eigenvalue weighted by Gasteiger charge is -2.19. The smallest absolute Gasteiger partial charge is 0.263 e. The molecule has 156 valence electrons. The van der Waals surface area contributed by atoms with Gasteiger partial charge >= 0.3 is 0 Å². The van der Waals surface area contributed by atoms with Crippen molar-refractivity contribution in [2.75, 3.05) is 12.0 Å². The SMILES string of the molecule is COc1cccc(N2C(=O)[C@H]3N=NN(Cc4nc(-c5ccc(Cl)cc5)no4)[C@@H]3C2=O)c1. The summed E-state index contributed by atoms with van der Waals surface area (Å²) in [5.74, 6) is 0.289. The number of methoxy groups -OCH3 is 1. The normalized spacial score (nSPS) is 19.9. The molecule has 2 atom stereocenters. The quantitative estimate of drug-likeness (QED) is 0.562. The van der Waals surface area contributed by atoms with Gasteiger partial charge in [-0.15, -0.1) is 0 Å². The van der Waals surface area contributed by atoms with E-state index in [9.17, 15) is 9.59 Å². The maximum Gasteiger partial charge on any atom is 0.263 e. The topological polar surface area (TPSA) is 113 Å². The molecule has 10 nitrogen and oxygen atoms in total. The second-order valence-electron chi connectivity index (χ2n) is 6.92. The van der Waals surface area contributed by atoms with E-state index >= 15 is 0 Å². The van der Waals surface area contributed by atoms with Crippen LogP contribution in [0.15, 0.2) is 63.4 Å². The lowest BCUT2D eigenvalue weighted by Crippen LogP contribution is -2.39. The number of hydrogen-bond acceptors (Lipinski definition) is 9. The minimum Gasteiger partial charge on any atom is -0.497 e. The largest absolute Gasteiger partial charge is 0.497 e. The Balaban J connectivity index is 1.36. The fourth-order valence-electron chi connectivity index (χ4n) is 3.53. The first-order valence-corrected chi connectivity index (χ1v) is 9.71. The summed E-state index contributed by atoms with van der Waals surface area (Å²) in [4.78, 5) is 31.4. The lowest BCUT2D eigenvalue weighted by molar-refractivity contribution is -0.123. The van der Waals surface area contributed by atoms with Crippen LogP contribution in [-0.4, -0.2) is 46.2 Å². The molecule has 1 saturated heterocycles. The van der Waals surface area contributed by atoms with E-state index < -0.39 is 23.9 Å². The van der Waals surface area contributed by atoms with Crippen molar-refractivity contribution in [3.05, 3.63) is 59.4 Å². The van der Waals surface area contributed by atoms with Crippen molar-refractivity contribution in [2.24, 2.45) is 10.3 Å². The van der Waals surface area contributed by atoms with Crippen molar-refractivity contribution in [3.63, 3.8) is 0 Å². The highest BCUT2D eigenvalue weighted by Gasteiger charge is 2.55. The zero-order valence-corrected chi connectivity index (χ0v) is 16.9. The molecule has 0 aliphatic carbocycles. The molecule has 0 unspecified atom stereocenters. The van der Waals surface area contributed by atoms with Gasteiger partial charge in [-0.1, -0.05) is 28.0 Å². The van der Waals surface area contributed by atoms with Crippen molar-refractivity contribution in [1.29, 1.82) is 0 Å². The number of amides is 2. The number of imide groups is 1. The first-order chi connectivity index (χ1) is 15.0. The molecule has 0 spiro atoms. The molecule has 0 bridgehead atoms. The summed E-state index contributed by atoms with van der Waals surface area (Å²) in [6.45, 7) is 0.0379. The summed E-state index contributed by atoms with van der Waals surface area (Å²) in [7, 11) is 1.51. The van der Waals surface area contributed by atoms with E-state index in [1.807, 2.05) is 0 Å². The lowest BCUT2D eigenvalue weighted by atomic mass is 10.1. The molecule has 2 amide bonds. The molecule has 3 heterocycles. The maximum atomic E-state index is 13.1. The van der Waals surface area contributed by atoms with Gasteiger partial charge in [0, 0.05) is 16.7 Å². The van der Waals surface area contributed by atoms with Crippen LogP contribution in [0.5, 0.6) is 5.75 Å². The third kappa shape index (κ3) is 3.30. The Hall–Kier alpha value is -3.79. The molecule has 0 saturated carbocycles. The third-order valence-electron chi connectivity index (χ3n) is 5.04. The van der Waals surface area contributed by atoms with Gasteiger partial charge < -0.3 is 9.26 Å². The Morgan fingerprint density at radius 2 is 1.94 bits per heavy atom. The second kappa shape index (κ2) is 7.47. The molecule has 31 heavy (non-hydrogen) atoms. The molecule has 0 N–H and O–H groups in total. The summed E-state index contributed by atoms with van der Waals surface area (Å²) in [5.41, 5.74) is 1.15. The number of anilines is 1. The summed E-state index contributed by atoms with van der Waals surface area (Å²) >= 11 is 5.90. The highest BCUT2D eigenvalue weighted by atomic mass is 35.5. The maximum absolute atomic E-state index is 13.1. The standard InChI is InChI=1S/C20H15ClN6O4/c1-30-14-4-2-3-13(9-14)27-19(28)16-17(20(27)29)26(25-23-16)10-15-22-18(24-31-15)11-5-7-12(21)8-6-11/h2-9,16-17H,10H2,1H3/t16-,17-/m0/s1. The van der Waals surface area contributed by atoms with Gasteiger partial charge in [0.2, 0.25) is 11.7 Å². The van der Waals surface area contributed by atoms with Gasteiger partial charge in [-0.25, -0.2) is 4.90 Å². The average Bonchev–Trinajstić information content (AvgIpc) is 3.47. The number of aromatic nitrogens is 2. The number of benzene rings is 2. The van der Waals surface area contributed by atoms with Gasteiger partial charge in [0.25, 0.3) is 11.8 Å². The number of ether oxygens (including phenoxy) is 1. The van der Waals surface area contributed by atoms with Crippen LogP contribution in [0.25, 0.3) is 11.4 Å². The van der Waals surface area contributed by atoms with E-state index in [2.05, 4.69) is 20.5 Å². The van der Waals surface area contributed by atoms with Crippen LogP contribution in [0.4, 0.5) is 5.69 Å². The molecule has 11 heteroatoms. The van der Waals surface area contributed by atoms with Crippen LogP contribution in [0.2, 0.25) is 5.02 Å². The summed E-state index contributed by atoms with van der Waals surface area (Å²) in [6, 6.07) is 11.9. The van der Waals surface area contributed by atoms with Crippen LogP contribution in [-0.2, 0) is 16.1 Å². The molecule has 1 fully saturated rings. The molecule has 3 aromatic rings. The van der Waals surface area contributed by atoms with Gasteiger partial charge in [-0.3, -0.25) is 14.6 Å². The Bertz CT molecular complexity index is 1190. The molecular formula is C20H15ClN6O4. The Morgan fingerprint density at radius 1 is 1.13 bits per heavy atom. The predicted octanol–water partition coefficient (Wildman–Crippen LogP) is 2.89. The van der Waals surface area contributed by atoms with E-state index in [1.54, 1.807) is 48.5 Å². The predicted molar refractivity (Wildman–Crippen MR) is 108 cm³/mol. The van der Waals surface area contributed by atoms with Gasteiger partial charge in [0.15, 0.2) is 12.1 Å². The highest BCUT2D eigenvalue weighted by molar-refractivity contribution is 6.30. The molecule has 2 aliphatic rings. The van der Waals surface area contributed by atoms with Crippen LogP contribution in [0, 0.1) is 0 Å². The third-order valence-corrected chi connectivity index (χ3v) is 5.29. The van der Waals surface area contributed by atoms with Crippen molar-refractivity contribution in [1.82, 2.24) is 15.1 Å². The van der Waals surface area contributed by atoms with Crippen molar-refractivity contribution in [3.8, 4) is 17.1 Å². The van der Waals surface area contributed by atoms with E-state index in [1.165, 1.54) is 12.1 Å². The Labute approximate surface area is 181 Å². The second-order valence-corrected chi connectivity index (χ2v) is 7.36.